The molecule has 2 aromatic rings. The molecule has 3 rings (SSSR count). The molecule has 2 unspecified atom stereocenters. The first-order valence-corrected chi connectivity index (χ1v) is 7.53. The average molecular weight is 287 g/mol. The number of benzene rings is 1. The average Bonchev–Trinajstić information content (AvgIpc) is 3.06. The highest BCUT2D eigenvalue weighted by Crippen LogP contribution is 2.22. The number of aliphatic hydroxyl groups is 1. The SMILES string of the molecule is CC(O)CC1CCCN1C(=O)Cn1ncc2ccccc21. The summed E-state index contributed by atoms with van der Waals surface area (Å²) in [5.41, 5.74) is 0.983. The zero-order valence-corrected chi connectivity index (χ0v) is 12.3. The molecule has 1 aliphatic heterocycles. The number of aromatic nitrogens is 2. The molecule has 1 aromatic heterocycles. The van der Waals surface area contributed by atoms with Crippen molar-refractivity contribution in [3.63, 3.8) is 0 Å². The summed E-state index contributed by atoms with van der Waals surface area (Å²) in [5, 5.41) is 14.9. The van der Waals surface area contributed by atoms with Crippen LogP contribution >= 0.6 is 0 Å². The Hall–Kier alpha value is -1.88. The van der Waals surface area contributed by atoms with E-state index in [1.54, 1.807) is 17.8 Å². The molecule has 1 saturated heterocycles. The molecule has 1 amide bonds. The zero-order chi connectivity index (χ0) is 14.8. The molecule has 5 nitrogen and oxygen atoms in total. The second kappa shape index (κ2) is 5.85. The predicted octanol–water partition coefficient (Wildman–Crippen LogP) is 1.80. The molecule has 5 heteroatoms. The number of hydrogen-bond acceptors (Lipinski definition) is 3. The molecule has 2 heterocycles. The fraction of sp³-hybridized carbons (Fsp3) is 0.500. The van der Waals surface area contributed by atoms with Gasteiger partial charge in [0.05, 0.1) is 17.8 Å². The normalized spacial score (nSPS) is 20.1. The Morgan fingerprint density at radius 1 is 1.48 bits per heavy atom. The van der Waals surface area contributed by atoms with Crippen molar-refractivity contribution in [2.75, 3.05) is 6.54 Å². The van der Waals surface area contributed by atoms with Gasteiger partial charge >= 0.3 is 0 Å². The summed E-state index contributed by atoms with van der Waals surface area (Å²) < 4.78 is 1.76. The minimum Gasteiger partial charge on any atom is -0.393 e. The van der Waals surface area contributed by atoms with Gasteiger partial charge in [-0.15, -0.1) is 0 Å². The molecule has 1 fully saturated rings. The van der Waals surface area contributed by atoms with E-state index in [2.05, 4.69) is 5.10 Å². The fourth-order valence-corrected chi connectivity index (χ4v) is 3.17. The Kier molecular flexibility index (Phi) is 3.92. The molecule has 0 spiro atoms. The molecule has 112 valence electrons. The lowest BCUT2D eigenvalue weighted by Gasteiger charge is -2.25. The zero-order valence-electron chi connectivity index (χ0n) is 12.3. The van der Waals surface area contributed by atoms with Crippen LogP contribution in [0.5, 0.6) is 0 Å². The van der Waals surface area contributed by atoms with Crippen LogP contribution in [-0.2, 0) is 11.3 Å². The van der Waals surface area contributed by atoms with Crippen molar-refractivity contribution in [2.45, 2.75) is 44.9 Å². The molecular formula is C16H21N3O2. The van der Waals surface area contributed by atoms with Gasteiger partial charge in [0.1, 0.15) is 6.54 Å². The van der Waals surface area contributed by atoms with Crippen LogP contribution in [0.15, 0.2) is 30.5 Å². The maximum absolute atomic E-state index is 12.5. The Balaban J connectivity index is 1.74. The Morgan fingerprint density at radius 2 is 2.29 bits per heavy atom. The number of fused-ring (bicyclic) bond motifs is 1. The topological polar surface area (TPSA) is 58.4 Å². The molecule has 0 saturated carbocycles. The Morgan fingerprint density at radius 3 is 3.10 bits per heavy atom. The summed E-state index contributed by atoms with van der Waals surface area (Å²) in [6.45, 7) is 2.83. The van der Waals surface area contributed by atoms with Crippen LogP contribution < -0.4 is 0 Å². The van der Waals surface area contributed by atoms with E-state index in [0.717, 1.165) is 30.3 Å². The van der Waals surface area contributed by atoms with Gasteiger partial charge in [-0.05, 0) is 32.3 Å². The number of hydrogen-bond donors (Lipinski definition) is 1. The second-order valence-corrected chi connectivity index (χ2v) is 5.83. The van der Waals surface area contributed by atoms with Crippen molar-refractivity contribution in [3.05, 3.63) is 30.5 Å². The lowest BCUT2D eigenvalue weighted by Crippen LogP contribution is -2.39. The van der Waals surface area contributed by atoms with Crippen LogP contribution in [0.1, 0.15) is 26.2 Å². The van der Waals surface area contributed by atoms with Gasteiger partial charge in [0.25, 0.3) is 0 Å². The van der Waals surface area contributed by atoms with Crippen molar-refractivity contribution in [1.29, 1.82) is 0 Å². The predicted molar refractivity (Wildman–Crippen MR) is 80.8 cm³/mol. The summed E-state index contributed by atoms with van der Waals surface area (Å²) >= 11 is 0. The van der Waals surface area contributed by atoms with E-state index >= 15 is 0 Å². The van der Waals surface area contributed by atoms with Gasteiger partial charge in [-0.25, -0.2) is 0 Å². The van der Waals surface area contributed by atoms with E-state index in [-0.39, 0.29) is 24.6 Å². The van der Waals surface area contributed by atoms with E-state index in [4.69, 9.17) is 0 Å². The highest BCUT2D eigenvalue weighted by molar-refractivity contribution is 5.82. The molecular weight excluding hydrogens is 266 g/mol. The van der Waals surface area contributed by atoms with Gasteiger partial charge in [0, 0.05) is 18.0 Å². The van der Waals surface area contributed by atoms with Crippen molar-refractivity contribution in [3.8, 4) is 0 Å². The van der Waals surface area contributed by atoms with E-state index in [1.807, 2.05) is 29.2 Å². The van der Waals surface area contributed by atoms with Crippen LogP contribution in [-0.4, -0.2) is 44.4 Å². The number of likely N-dealkylation sites (tertiary alicyclic amines) is 1. The molecule has 0 aliphatic carbocycles. The second-order valence-electron chi connectivity index (χ2n) is 5.83. The highest BCUT2D eigenvalue weighted by Gasteiger charge is 2.29. The first-order chi connectivity index (χ1) is 10.1. The summed E-state index contributed by atoms with van der Waals surface area (Å²) in [6, 6.07) is 8.06. The van der Waals surface area contributed by atoms with Crippen LogP contribution in [0, 0.1) is 0 Å². The lowest BCUT2D eigenvalue weighted by molar-refractivity contribution is -0.133. The minimum absolute atomic E-state index is 0.0898. The number of para-hydroxylation sites is 1. The minimum atomic E-state index is -0.367. The summed E-state index contributed by atoms with van der Waals surface area (Å²) in [4.78, 5) is 14.4. The van der Waals surface area contributed by atoms with Crippen molar-refractivity contribution >= 4 is 16.8 Å². The standard InChI is InChI=1S/C16H21N3O2/c1-12(20)9-14-6-4-8-18(14)16(21)11-19-15-7-3-2-5-13(15)10-17-19/h2-3,5,7,10,12,14,20H,4,6,8-9,11H2,1H3. The van der Waals surface area contributed by atoms with Crippen molar-refractivity contribution in [2.24, 2.45) is 0 Å². The molecule has 0 bridgehead atoms. The summed E-state index contributed by atoms with van der Waals surface area (Å²) in [7, 11) is 0. The number of nitrogens with zero attached hydrogens (tertiary/aromatic N) is 3. The number of amides is 1. The monoisotopic (exact) mass is 287 g/mol. The Labute approximate surface area is 124 Å². The maximum atomic E-state index is 12.5. The molecule has 21 heavy (non-hydrogen) atoms. The van der Waals surface area contributed by atoms with E-state index in [0.29, 0.717) is 6.42 Å². The largest absolute Gasteiger partial charge is 0.393 e. The van der Waals surface area contributed by atoms with Gasteiger partial charge in [-0.3, -0.25) is 9.48 Å². The quantitative estimate of drug-likeness (QED) is 0.933. The number of carbonyl (C=O) groups excluding carboxylic acids is 1. The third-order valence-electron chi connectivity index (χ3n) is 4.15. The van der Waals surface area contributed by atoms with Crippen LogP contribution in [0.2, 0.25) is 0 Å². The lowest BCUT2D eigenvalue weighted by atomic mass is 10.1. The third kappa shape index (κ3) is 2.93. The van der Waals surface area contributed by atoms with Gasteiger partial charge in [-0.2, -0.15) is 5.10 Å². The molecule has 1 N–H and O–H groups in total. The number of carbonyl (C=O) groups is 1. The Bertz CT molecular complexity index is 635. The van der Waals surface area contributed by atoms with Crippen molar-refractivity contribution in [1.82, 2.24) is 14.7 Å². The molecule has 1 aromatic carbocycles. The highest BCUT2D eigenvalue weighted by atomic mass is 16.3. The summed E-state index contributed by atoms with van der Waals surface area (Å²) in [5.74, 6) is 0.0898. The van der Waals surface area contributed by atoms with Gasteiger partial charge < -0.3 is 10.0 Å². The van der Waals surface area contributed by atoms with E-state index in [9.17, 15) is 9.90 Å². The van der Waals surface area contributed by atoms with Gasteiger partial charge in [0.2, 0.25) is 5.91 Å². The van der Waals surface area contributed by atoms with Gasteiger partial charge in [0.15, 0.2) is 0 Å². The fourth-order valence-electron chi connectivity index (χ4n) is 3.17. The maximum Gasteiger partial charge on any atom is 0.244 e. The summed E-state index contributed by atoms with van der Waals surface area (Å²) in [6.07, 6.45) is 4.08. The molecule has 2 atom stereocenters. The van der Waals surface area contributed by atoms with Crippen molar-refractivity contribution < 1.29 is 9.90 Å². The van der Waals surface area contributed by atoms with E-state index < -0.39 is 0 Å². The number of rotatable bonds is 4. The first kappa shape index (κ1) is 14.1. The number of aliphatic hydroxyl groups excluding tert-OH is 1. The van der Waals surface area contributed by atoms with Gasteiger partial charge in [-0.1, -0.05) is 18.2 Å². The van der Waals surface area contributed by atoms with Crippen LogP contribution in [0.25, 0.3) is 10.9 Å². The van der Waals surface area contributed by atoms with Crippen LogP contribution in [0.3, 0.4) is 0 Å². The van der Waals surface area contributed by atoms with E-state index in [1.165, 1.54) is 0 Å². The smallest absolute Gasteiger partial charge is 0.244 e. The first-order valence-electron chi connectivity index (χ1n) is 7.53. The molecule has 1 aliphatic rings. The van der Waals surface area contributed by atoms with Crippen LogP contribution in [0.4, 0.5) is 0 Å². The third-order valence-corrected chi connectivity index (χ3v) is 4.15. The molecule has 0 radical (unpaired) electrons.